The summed E-state index contributed by atoms with van der Waals surface area (Å²) in [6, 6.07) is 12.9. The molecule has 2 amide bonds. The molecule has 1 unspecified atom stereocenters. The number of carboxylic acids is 1. The number of aromatic carboxylic acids is 1. The fraction of sp³-hybridized carbons (Fsp3) is 0.150. The first-order chi connectivity index (χ1) is 14.3. The molecule has 10 heteroatoms. The van der Waals surface area contributed by atoms with Gasteiger partial charge in [0.2, 0.25) is 11.8 Å². The number of carboxylic acid groups (broad SMARTS) is 1. The number of hydrogen-bond donors (Lipinski definition) is 3. The summed E-state index contributed by atoms with van der Waals surface area (Å²) in [6.07, 6.45) is -0.0594. The second-order valence-electron chi connectivity index (χ2n) is 6.33. The van der Waals surface area contributed by atoms with Gasteiger partial charge in [-0.1, -0.05) is 35.5 Å². The second-order valence-corrected chi connectivity index (χ2v) is 7.96. The van der Waals surface area contributed by atoms with Crippen LogP contribution < -0.4 is 10.6 Å². The van der Waals surface area contributed by atoms with Crippen LogP contribution in [0, 0.1) is 0 Å². The van der Waals surface area contributed by atoms with Gasteiger partial charge in [0.15, 0.2) is 5.17 Å². The van der Waals surface area contributed by atoms with Crippen LogP contribution in [0.15, 0.2) is 58.7 Å². The molecule has 0 spiro atoms. The number of hydrogen-bond acceptors (Lipinski definition) is 6. The Morgan fingerprint density at radius 1 is 1.13 bits per heavy atom. The number of benzene rings is 2. The summed E-state index contributed by atoms with van der Waals surface area (Å²) >= 11 is 6.99. The molecular formula is C20H17ClN4O4S. The lowest BCUT2D eigenvalue weighted by molar-refractivity contribution is -0.122. The average molecular weight is 445 g/mol. The minimum atomic E-state index is -1.05. The van der Waals surface area contributed by atoms with Gasteiger partial charge in [-0.2, -0.15) is 5.10 Å². The van der Waals surface area contributed by atoms with Gasteiger partial charge in [-0.05, 0) is 48.9 Å². The van der Waals surface area contributed by atoms with Crippen LogP contribution in [0.4, 0.5) is 5.69 Å². The van der Waals surface area contributed by atoms with Crippen LogP contribution in [0.3, 0.4) is 0 Å². The highest BCUT2D eigenvalue weighted by atomic mass is 35.5. The normalized spacial score (nSPS) is 17.7. The van der Waals surface area contributed by atoms with E-state index in [0.717, 1.165) is 17.3 Å². The molecule has 0 aromatic heterocycles. The molecule has 0 aliphatic carbocycles. The number of nitrogens with zero attached hydrogens (tertiary/aromatic N) is 2. The van der Waals surface area contributed by atoms with Crippen molar-refractivity contribution in [3.05, 3.63) is 64.7 Å². The van der Waals surface area contributed by atoms with E-state index >= 15 is 0 Å². The summed E-state index contributed by atoms with van der Waals surface area (Å²) in [7, 11) is 0. The van der Waals surface area contributed by atoms with Gasteiger partial charge in [0.05, 0.1) is 11.3 Å². The molecule has 0 radical (unpaired) electrons. The zero-order valence-corrected chi connectivity index (χ0v) is 17.3. The highest BCUT2D eigenvalue weighted by Crippen LogP contribution is 2.23. The van der Waals surface area contributed by atoms with Gasteiger partial charge < -0.3 is 15.7 Å². The van der Waals surface area contributed by atoms with E-state index in [9.17, 15) is 14.4 Å². The predicted molar refractivity (Wildman–Crippen MR) is 117 cm³/mol. The van der Waals surface area contributed by atoms with Gasteiger partial charge in [0, 0.05) is 17.1 Å². The van der Waals surface area contributed by atoms with Gasteiger partial charge in [-0.25, -0.2) is 4.79 Å². The van der Waals surface area contributed by atoms with Gasteiger partial charge in [0.1, 0.15) is 5.25 Å². The second kappa shape index (κ2) is 9.55. The monoisotopic (exact) mass is 444 g/mol. The van der Waals surface area contributed by atoms with E-state index in [1.807, 2.05) is 12.1 Å². The minimum Gasteiger partial charge on any atom is -0.478 e. The highest BCUT2D eigenvalue weighted by molar-refractivity contribution is 8.15. The molecule has 154 valence electrons. The third-order valence-electron chi connectivity index (χ3n) is 4.12. The zero-order chi connectivity index (χ0) is 21.7. The largest absolute Gasteiger partial charge is 0.478 e. The lowest BCUT2D eigenvalue weighted by Crippen LogP contribution is -2.28. The van der Waals surface area contributed by atoms with Gasteiger partial charge in [-0.3, -0.25) is 9.59 Å². The molecule has 1 atom stereocenters. The molecule has 1 heterocycles. The third kappa shape index (κ3) is 5.68. The maximum absolute atomic E-state index is 12.2. The number of thioether (sulfide) groups is 1. The smallest absolute Gasteiger partial charge is 0.335 e. The predicted octanol–water partition coefficient (Wildman–Crippen LogP) is 3.38. The SMILES string of the molecule is C/C(=N\N=C1\NC(=O)C(CC(=O)Nc2ccc(C(=O)O)cc2)S1)c1ccc(Cl)cc1. The van der Waals surface area contributed by atoms with Crippen LogP contribution in [0.5, 0.6) is 0 Å². The van der Waals surface area contributed by atoms with E-state index in [-0.39, 0.29) is 23.8 Å². The maximum atomic E-state index is 12.2. The molecule has 2 aromatic carbocycles. The molecule has 3 rings (SSSR count). The van der Waals surface area contributed by atoms with E-state index in [0.29, 0.717) is 21.6 Å². The van der Waals surface area contributed by atoms with Crippen molar-refractivity contribution in [2.45, 2.75) is 18.6 Å². The Morgan fingerprint density at radius 2 is 1.77 bits per heavy atom. The molecule has 1 aliphatic heterocycles. The molecule has 3 N–H and O–H groups in total. The van der Waals surface area contributed by atoms with Crippen LogP contribution in [0.25, 0.3) is 0 Å². The van der Waals surface area contributed by atoms with E-state index < -0.39 is 11.2 Å². The van der Waals surface area contributed by atoms with Crippen molar-refractivity contribution in [3.63, 3.8) is 0 Å². The van der Waals surface area contributed by atoms with Crippen LogP contribution in [0.1, 0.15) is 29.3 Å². The van der Waals surface area contributed by atoms with Gasteiger partial charge in [0.25, 0.3) is 0 Å². The van der Waals surface area contributed by atoms with Crippen molar-refractivity contribution in [1.82, 2.24) is 5.32 Å². The number of carbonyl (C=O) groups is 3. The van der Waals surface area contributed by atoms with Crippen molar-refractivity contribution >= 4 is 57.7 Å². The number of rotatable bonds is 6. The lowest BCUT2D eigenvalue weighted by atomic mass is 10.1. The summed E-state index contributed by atoms with van der Waals surface area (Å²) in [4.78, 5) is 35.2. The van der Waals surface area contributed by atoms with Gasteiger partial charge >= 0.3 is 5.97 Å². The maximum Gasteiger partial charge on any atom is 0.335 e. The number of amides is 2. The molecule has 8 nitrogen and oxygen atoms in total. The summed E-state index contributed by atoms with van der Waals surface area (Å²) in [5.74, 6) is -1.74. The molecule has 1 saturated heterocycles. The summed E-state index contributed by atoms with van der Waals surface area (Å²) in [5.41, 5.74) is 2.07. The quantitative estimate of drug-likeness (QED) is 0.466. The first-order valence-corrected chi connectivity index (χ1v) is 10.1. The summed E-state index contributed by atoms with van der Waals surface area (Å²) in [6.45, 7) is 1.79. The van der Waals surface area contributed by atoms with Crippen molar-refractivity contribution in [2.75, 3.05) is 5.32 Å². The summed E-state index contributed by atoms with van der Waals surface area (Å²) in [5, 5.41) is 22.6. The number of amidine groups is 1. The van der Waals surface area contributed by atoms with Gasteiger partial charge in [-0.15, -0.1) is 5.10 Å². The highest BCUT2D eigenvalue weighted by Gasteiger charge is 2.32. The molecule has 30 heavy (non-hydrogen) atoms. The van der Waals surface area contributed by atoms with Crippen LogP contribution in [0.2, 0.25) is 5.02 Å². The molecule has 1 fully saturated rings. The van der Waals surface area contributed by atoms with Crippen molar-refractivity contribution < 1.29 is 19.5 Å². The van der Waals surface area contributed by atoms with E-state index in [1.54, 1.807) is 19.1 Å². The molecule has 0 bridgehead atoms. The Bertz CT molecular complexity index is 1040. The van der Waals surface area contributed by atoms with E-state index in [2.05, 4.69) is 20.8 Å². The number of carbonyl (C=O) groups excluding carboxylic acids is 2. The van der Waals surface area contributed by atoms with Crippen LogP contribution in [-0.2, 0) is 9.59 Å². The summed E-state index contributed by atoms with van der Waals surface area (Å²) < 4.78 is 0. The number of nitrogens with one attached hydrogen (secondary N) is 2. The van der Waals surface area contributed by atoms with E-state index in [4.69, 9.17) is 16.7 Å². The first-order valence-electron chi connectivity index (χ1n) is 8.81. The fourth-order valence-electron chi connectivity index (χ4n) is 2.53. The van der Waals surface area contributed by atoms with Crippen molar-refractivity contribution in [2.24, 2.45) is 10.2 Å². The Kier molecular flexibility index (Phi) is 6.86. The molecule has 0 saturated carbocycles. The molecule has 2 aromatic rings. The number of anilines is 1. The van der Waals surface area contributed by atoms with E-state index in [1.165, 1.54) is 24.3 Å². The topological polar surface area (TPSA) is 120 Å². The van der Waals surface area contributed by atoms with Crippen LogP contribution >= 0.6 is 23.4 Å². The Labute approximate surface area is 181 Å². The lowest BCUT2D eigenvalue weighted by Gasteiger charge is -2.07. The molecule has 1 aliphatic rings. The van der Waals surface area contributed by atoms with Crippen molar-refractivity contribution in [3.8, 4) is 0 Å². The Balaban J connectivity index is 1.57. The average Bonchev–Trinajstić information content (AvgIpc) is 3.06. The van der Waals surface area contributed by atoms with Crippen LogP contribution in [-0.4, -0.2) is 39.0 Å². The Hall–Kier alpha value is -3.17. The molecular weight excluding hydrogens is 428 g/mol. The van der Waals surface area contributed by atoms with Crippen molar-refractivity contribution in [1.29, 1.82) is 0 Å². The fourth-order valence-corrected chi connectivity index (χ4v) is 3.58. The zero-order valence-electron chi connectivity index (χ0n) is 15.8. The Morgan fingerprint density at radius 3 is 2.40 bits per heavy atom. The third-order valence-corrected chi connectivity index (χ3v) is 5.44. The standard InChI is InChI=1S/C20H17ClN4O4S/c1-11(12-2-6-14(21)7-3-12)24-25-20-23-18(27)16(30-20)10-17(26)22-15-8-4-13(5-9-15)19(28)29/h2-9,16H,10H2,1H3,(H,22,26)(H,28,29)(H,23,25,27)/b24-11+. The first kappa shape index (κ1) is 21.5. The number of halogens is 1. The minimum absolute atomic E-state index is 0.0594.